The van der Waals surface area contributed by atoms with Crippen molar-refractivity contribution in [2.45, 2.75) is 19.6 Å². The van der Waals surface area contributed by atoms with Crippen molar-refractivity contribution in [3.63, 3.8) is 0 Å². The van der Waals surface area contributed by atoms with Gasteiger partial charge in [-0.3, -0.25) is 4.68 Å². The first kappa shape index (κ1) is 24.4. The monoisotopic (exact) mass is 529 g/mol. The number of halogens is 1. The minimum Gasteiger partial charge on any atom is -0.491 e. The van der Waals surface area contributed by atoms with Crippen molar-refractivity contribution in [1.29, 1.82) is 0 Å². The van der Waals surface area contributed by atoms with Crippen LogP contribution in [0.5, 0.6) is 5.75 Å². The van der Waals surface area contributed by atoms with Crippen LogP contribution in [-0.2, 0) is 23.1 Å². The van der Waals surface area contributed by atoms with Crippen molar-refractivity contribution < 1.29 is 14.2 Å². The molecule has 0 spiro atoms. The number of hydrogen-bond donors (Lipinski definition) is 1. The van der Waals surface area contributed by atoms with Crippen molar-refractivity contribution in [2.75, 3.05) is 46.6 Å². The number of nitrogens with one attached hydrogen (secondary N) is 1. The Morgan fingerprint density at radius 3 is 2.77 bits per heavy atom. The zero-order valence-electron chi connectivity index (χ0n) is 17.9. The number of aryl methyl sites for hydroxylation is 1. The largest absolute Gasteiger partial charge is 0.491 e. The number of morpholine rings is 1. The van der Waals surface area contributed by atoms with E-state index in [1.807, 2.05) is 43.7 Å². The first-order valence-electron chi connectivity index (χ1n) is 10.0. The maximum Gasteiger partial charge on any atom is 0.194 e. The summed E-state index contributed by atoms with van der Waals surface area (Å²) < 4.78 is 18.4. The lowest BCUT2D eigenvalue weighted by Gasteiger charge is -2.34. The van der Waals surface area contributed by atoms with Gasteiger partial charge in [-0.15, -0.1) is 24.0 Å². The molecule has 3 rings (SSSR count). The summed E-state index contributed by atoms with van der Waals surface area (Å²) >= 11 is 0. The van der Waals surface area contributed by atoms with E-state index in [1.54, 1.807) is 11.8 Å². The van der Waals surface area contributed by atoms with Gasteiger partial charge in [-0.1, -0.05) is 12.1 Å². The number of aliphatic imine (C=N–C) groups is 1. The number of ether oxygens (including phenoxy) is 3. The highest BCUT2D eigenvalue weighted by Crippen LogP contribution is 2.22. The zero-order valence-corrected chi connectivity index (χ0v) is 20.2. The molecule has 0 saturated carbocycles. The molecule has 0 amide bonds. The van der Waals surface area contributed by atoms with Crippen molar-refractivity contribution in [3.8, 4) is 5.75 Å². The van der Waals surface area contributed by atoms with Crippen LogP contribution in [-0.4, -0.2) is 67.2 Å². The fraction of sp³-hybridized carbons (Fsp3) is 0.524. The van der Waals surface area contributed by atoms with Crippen molar-refractivity contribution in [1.82, 2.24) is 20.0 Å². The van der Waals surface area contributed by atoms with Gasteiger partial charge in [0.05, 0.1) is 32.5 Å². The summed E-state index contributed by atoms with van der Waals surface area (Å²) in [5, 5.41) is 7.67. The summed E-state index contributed by atoms with van der Waals surface area (Å²) in [6.07, 6.45) is 3.88. The molecule has 1 fully saturated rings. The topological polar surface area (TPSA) is 73.1 Å². The van der Waals surface area contributed by atoms with Gasteiger partial charge in [0.15, 0.2) is 5.96 Å². The lowest BCUT2D eigenvalue weighted by Crippen LogP contribution is -2.48. The van der Waals surface area contributed by atoms with Crippen LogP contribution < -0.4 is 10.1 Å². The van der Waals surface area contributed by atoms with E-state index in [2.05, 4.69) is 22.2 Å². The average Bonchev–Trinajstić information content (AvgIpc) is 3.19. The predicted molar refractivity (Wildman–Crippen MR) is 128 cm³/mol. The molecule has 1 saturated heterocycles. The summed E-state index contributed by atoms with van der Waals surface area (Å²) in [7, 11) is 3.59. The maximum atomic E-state index is 5.95. The maximum absolute atomic E-state index is 5.95. The van der Waals surface area contributed by atoms with Crippen LogP contribution in [0.4, 0.5) is 0 Å². The zero-order chi connectivity index (χ0) is 20.5. The minimum absolute atomic E-state index is 0. The first-order valence-corrected chi connectivity index (χ1v) is 10.0. The molecule has 0 bridgehead atoms. The minimum atomic E-state index is 0. The summed E-state index contributed by atoms with van der Waals surface area (Å²) in [4.78, 5) is 7.10. The molecule has 0 aliphatic carbocycles. The number of guanidine groups is 1. The standard InChI is InChI=1S/C21H31N5O3.HI/c1-4-22-21(23-13-17-5-7-19(8-6-17)28-12-11-27-3)26-9-10-29-20(16-26)18-14-24-25(2)15-18;/h5-8,14-15,20H,4,9-13,16H2,1-3H3,(H,22,23);1H. The van der Waals surface area contributed by atoms with Gasteiger partial charge >= 0.3 is 0 Å². The molecule has 9 heteroatoms. The van der Waals surface area contributed by atoms with Crippen LogP contribution in [0, 0.1) is 0 Å². The van der Waals surface area contributed by atoms with Gasteiger partial charge in [0.2, 0.25) is 0 Å². The van der Waals surface area contributed by atoms with Crippen molar-refractivity contribution >= 4 is 29.9 Å². The Balaban J connectivity index is 0.00000320. The molecule has 1 aromatic heterocycles. The third kappa shape index (κ3) is 7.13. The second-order valence-corrected chi connectivity index (χ2v) is 6.91. The molecule has 1 aliphatic heterocycles. The van der Waals surface area contributed by atoms with Crippen LogP contribution in [0.25, 0.3) is 0 Å². The highest BCUT2D eigenvalue weighted by molar-refractivity contribution is 14.0. The smallest absolute Gasteiger partial charge is 0.194 e. The highest BCUT2D eigenvalue weighted by atomic mass is 127. The lowest BCUT2D eigenvalue weighted by atomic mass is 10.1. The van der Waals surface area contributed by atoms with E-state index in [4.69, 9.17) is 19.2 Å². The van der Waals surface area contributed by atoms with E-state index in [-0.39, 0.29) is 30.1 Å². The molecule has 1 N–H and O–H groups in total. The number of rotatable bonds is 8. The number of benzene rings is 1. The molecule has 1 atom stereocenters. The Bertz CT molecular complexity index is 781. The fourth-order valence-electron chi connectivity index (χ4n) is 3.18. The highest BCUT2D eigenvalue weighted by Gasteiger charge is 2.25. The van der Waals surface area contributed by atoms with Gasteiger partial charge in [-0.05, 0) is 24.6 Å². The molecular weight excluding hydrogens is 497 g/mol. The van der Waals surface area contributed by atoms with E-state index >= 15 is 0 Å². The molecule has 166 valence electrons. The third-order valence-electron chi connectivity index (χ3n) is 4.69. The van der Waals surface area contributed by atoms with Gasteiger partial charge in [-0.2, -0.15) is 5.10 Å². The summed E-state index contributed by atoms with van der Waals surface area (Å²) in [5.74, 6) is 1.75. The molecule has 0 radical (unpaired) electrons. The number of nitrogens with zero attached hydrogens (tertiary/aromatic N) is 4. The van der Waals surface area contributed by atoms with Crippen LogP contribution >= 0.6 is 24.0 Å². The Kier molecular flexibility index (Phi) is 10.4. The van der Waals surface area contributed by atoms with Crippen molar-refractivity contribution in [2.24, 2.45) is 12.0 Å². The van der Waals surface area contributed by atoms with Crippen LogP contribution in [0.1, 0.15) is 24.2 Å². The van der Waals surface area contributed by atoms with Crippen LogP contribution in [0.3, 0.4) is 0 Å². The van der Waals surface area contributed by atoms with E-state index in [9.17, 15) is 0 Å². The van der Waals surface area contributed by atoms with Gasteiger partial charge in [0.25, 0.3) is 0 Å². The fourth-order valence-corrected chi connectivity index (χ4v) is 3.18. The molecule has 8 nitrogen and oxygen atoms in total. The molecule has 30 heavy (non-hydrogen) atoms. The molecule has 2 heterocycles. The van der Waals surface area contributed by atoms with E-state index in [1.165, 1.54) is 0 Å². The SMILES string of the molecule is CCNC(=NCc1ccc(OCCOC)cc1)N1CCOC(c2cnn(C)c2)C1.I. The second kappa shape index (κ2) is 12.8. The molecule has 1 aromatic carbocycles. The van der Waals surface area contributed by atoms with E-state index in [0.29, 0.717) is 26.4 Å². The number of methoxy groups -OCH3 is 1. The summed E-state index contributed by atoms with van der Waals surface area (Å²) in [6.45, 7) is 6.87. The Morgan fingerprint density at radius 1 is 1.30 bits per heavy atom. The Morgan fingerprint density at radius 2 is 2.10 bits per heavy atom. The number of hydrogen-bond acceptors (Lipinski definition) is 5. The second-order valence-electron chi connectivity index (χ2n) is 6.91. The quantitative estimate of drug-likeness (QED) is 0.246. The Hall–Kier alpha value is -1.85. The molecule has 2 aromatic rings. The average molecular weight is 529 g/mol. The van der Waals surface area contributed by atoms with E-state index in [0.717, 1.165) is 42.5 Å². The summed E-state index contributed by atoms with van der Waals surface area (Å²) in [5.41, 5.74) is 2.23. The predicted octanol–water partition coefficient (Wildman–Crippen LogP) is 2.60. The van der Waals surface area contributed by atoms with Crippen LogP contribution in [0.15, 0.2) is 41.7 Å². The van der Waals surface area contributed by atoms with Gasteiger partial charge < -0.3 is 24.4 Å². The van der Waals surface area contributed by atoms with E-state index < -0.39 is 0 Å². The molecule has 1 aliphatic rings. The van der Waals surface area contributed by atoms with Gasteiger partial charge in [0, 0.05) is 39.0 Å². The first-order chi connectivity index (χ1) is 14.2. The third-order valence-corrected chi connectivity index (χ3v) is 4.69. The number of aromatic nitrogens is 2. The van der Waals surface area contributed by atoms with Gasteiger partial charge in [0.1, 0.15) is 18.5 Å². The Labute approximate surface area is 195 Å². The van der Waals surface area contributed by atoms with Gasteiger partial charge in [-0.25, -0.2) is 4.99 Å². The lowest BCUT2D eigenvalue weighted by molar-refractivity contribution is -0.00805. The van der Waals surface area contributed by atoms with Crippen LogP contribution in [0.2, 0.25) is 0 Å². The normalized spacial score (nSPS) is 16.8. The molecular formula is C21H32IN5O3. The molecule has 1 unspecified atom stereocenters. The van der Waals surface area contributed by atoms with Crippen molar-refractivity contribution in [3.05, 3.63) is 47.8 Å². The summed E-state index contributed by atoms with van der Waals surface area (Å²) in [6, 6.07) is 8.04.